The largest absolute Gasteiger partial charge is 0.267 e. The van der Waals surface area contributed by atoms with Gasteiger partial charge in [0.1, 0.15) is 5.01 Å². The minimum absolute atomic E-state index is 0.514. The highest BCUT2D eigenvalue weighted by atomic mass is 32.1. The molecule has 18 heavy (non-hydrogen) atoms. The van der Waals surface area contributed by atoms with E-state index in [0.29, 0.717) is 5.13 Å². The molecule has 0 saturated carbocycles. The molecule has 0 bridgehead atoms. The quantitative estimate of drug-likeness (QED) is 0.561. The summed E-state index contributed by atoms with van der Waals surface area (Å²) in [6.45, 7) is 0. The van der Waals surface area contributed by atoms with Crippen molar-refractivity contribution in [2.75, 3.05) is 5.32 Å². The van der Waals surface area contributed by atoms with Crippen LogP contribution in [-0.4, -0.2) is 10.2 Å². The molecule has 1 N–H and O–H groups in total. The van der Waals surface area contributed by atoms with Gasteiger partial charge >= 0.3 is 0 Å². The average molecular weight is 252 g/mol. The predicted molar refractivity (Wildman–Crippen MR) is 72.1 cm³/mol. The first-order chi connectivity index (χ1) is 8.86. The van der Waals surface area contributed by atoms with E-state index in [2.05, 4.69) is 39.8 Å². The molecule has 0 radical (unpaired) electrons. The monoisotopic (exact) mass is 252 g/mol. The van der Waals surface area contributed by atoms with Gasteiger partial charge in [0.05, 0.1) is 0 Å². The third-order valence-corrected chi connectivity index (χ3v) is 3.47. The number of hydrogen-bond acceptors (Lipinski definition) is 5. The van der Waals surface area contributed by atoms with E-state index in [1.54, 1.807) is 0 Å². The first-order valence-corrected chi connectivity index (χ1v) is 6.16. The van der Waals surface area contributed by atoms with E-state index in [0.717, 1.165) is 10.6 Å². The first kappa shape index (κ1) is 10.7. The number of benzene rings is 2. The van der Waals surface area contributed by atoms with Crippen LogP contribution in [0.1, 0.15) is 0 Å². The minimum atomic E-state index is 0.514. The molecule has 0 atom stereocenters. The van der Waals surface area contributed by atoms with Gasteiger partial charge in [-0.05, 0) is 16.8 Å². The minimum Gasteiger partial charge on any atom is -0.267 e. The second-order valence-electron chi connectivity index (χ2n) is 3.71. The Hall–Kier alpha value is -2.45. The van der Waals surface area contributed by atoms with Crippen LogP contribution in [0.25, 0.3) is 21.3 Å². The molecule has 3 aromatic rings. The normalized spacial score (nSPS) is 10.2. The molecule has 0 amide bonds. The Morgan fingerprint density at radius 1 is 1.06 bits per heavy atom. The highest BCUT2D eigenvalue weighted by Gasteiger charge is 2.06. The van der Waals surface area contributed by atoms with Gasteiger partial charge in [0.15, 0.2) is 6.19 Å². The van der Waals surface area contributed by atoms with Crippen molar-refractivity contribution in [1.29, 1.82) is 5.26 Å². The lowest BCUT2D eigenvalue weighted by molar-refractivity contribution is 1.10. The van der Waals surface area contributed by atoms with Crippen molar-refractivity contribution in [3.8, 4) is 16.8 Å². The number of hydrogen-bond donors (Lipinski definition) is 1. The lowest BCUT2D eigenvalue weighted by atomic mass is 10.1. The van der Waals surface area contributed by atoms with Crippen LogP contribution in [0.15, 0.2) is 42.5 Å². The molecule has 86 valence electrons. The van der Waals surface area contributed by atoms with E-state index in [-0.39, 0.29) is 0 Å². The molecule has 0 aliphatic carbocycles. The molecule has 1 aromatic heterocycles. The number of nitrogens with zero attached hydrogens (tertiary/aromatic N) is 3. The predicted octanol–water partition coefficient (Wildman–Crippen LogP) is 3.25. The Kier molecular flexibility index (Phi) is 2.63. The number of aromatic nitrogens is 2. The number of nitrogens with one attached hydrogen (secondary N) is 1. The van der Waals surface area contributed by atoms with Gasteiger partial charge in [-0.2, -0.15) is 5.26 Å². The molecule has 2 aromatic carbocycles. The zero-order chi connectivity index (χ0) is 12.4. The van der Waals surface area contributed by atoms with Crippen molar-refractivity contribution in [2.24, 2.45) is 0 Å². The molecular formula is C13H8N4S. The lowest BCUT2D eigenvalue weighted by Crippen LogP contribution is -1.84. The Balaban J connectivity index is 2.05. The van der Waals surface area contributed by atoms with Gasteiger partial charge in [0, 0.05) is 5.56 Å². The highest BCUT2D eigenvalue weighted by Crippen LogP contribution is 2.28. The number of rotatable bonds is 2. The maximum atomic E-state index is 8.52. The zero-order valence-electron chi connectivity index (χ0n) is 9.29. The van der Waals surface area contributed by atoms with E-state index in [4.69, 9.17) is 5.26 Å². The standard InChI is InChI=1S/C13H8N4S/c14-8-15-13-17-16-12(18-13)11-6-5-9-3-1-2-4-10(9)7-11/h1-7H,(H,15,17). The van der Waals surface area contributed by atoms with Gasteiger partial charge in [-0.25, -0.2) is 0 Å². The molecule has 5 heteroatoms. The summed E-state index contributed by atoms with van der Waals surface area (Å²) in [5.74, 6) is 0. The summed E-state index contributed by atoms with van der Waals surface area (Å²) in [5, 5.41) is 22.6. The fourth-order valence-corrected chi connectivity index (χ4v) is 2.45. The van der Waals surface area contributed by atoms with Gasteiger partial charge in [0.25, 0.3) is 0 Å². The summed E-state index contributed by atoms with van der Waals surface area (Å²) in [6.07, 6.45) is 1.84. The van der Waals surface area contributed by atoms with Crippen molar-refractivity contribution in [3.05, 3.63) is 42.5 Å². The Bertz CT molecular complexity index is 742. The Morgan fingerprint density at radius 3 is 2.72 bits per heavy atom. The molecular weight excluding hydrogens is 244 g/mol. The van der Waals surface area contributed by atoms with Gasteiger partial charge in [0.2, 0.25) is 5.13 Å². The van der Waals surface area contributed by atoms with Crippen LogP contribution in [0.2, 0.25) is 0 Å². The Labute approximate surface area is 108 Å². The van der Waals surface area contributed by atoms with E-state index in [1.165, 1.54) is 22.1 Å². The van der Waals surface area contributed by atoms with E-state index < -0.39 is 0 Å². The summed E-state index contributed by atoms with van der Waals surface area (Å²) in [4.78, 5) is 0. The van der Waals surface area contributed by atoms with Crippen LogP contribution >= 0.6 is 11.3 Å². The van der Waals surface area contributed by atoms with Crippen LogP contribution < -0.4 is 5.32 Å². The maximum absolute atomic E-state index is 8.52. The van der Waals surface area contributed by atoms with Crippen molar-refractivity contribution in [1.82, 2.24) is 10.2 Å². The van der Waals surface area contributed by atoms with Crippen molar-refractivity contribution in [3.63, 3.8) is 0 Å². The van der Waals surface area contributed by atoms with Gasteiger partial charge < -0.3 is 0 Å². The zero-order valence-corrected chi connectivity index (χ0v) is 10.1. The molecule has 0 spiro atoms. The molecule has 0 saturated heterocycles. The number of fused-ring (bicyclic) bond motifs is 1. The molecule has 0 unspecified atom stereocenters. The summed E-state index contributed by atoms with van der Waals surface area (Å²) >= 11 is 1.36. The summed E-state index contributed by atoms with van der Waals surface area (Å²) in [6, 6.07) is 14.3. The van der Waals surface area contributed by atoms with Crippen LogP contribution in [0.3, 0.4) is 0 Å². The first-order valence-electron chi connectivity index (χ1n) is 5.34. The van der Waals surface area contributed by atoms with E-state index in [9.17, 15) is 0 Å². The van der Waals surface area contributed by atoms with Crippen molar-refractivity contribution >= 4 is 27.2 Å². The maximum Gasteiger partial charge on any atom is 0.219 e. The second-order valence-corrected chi connectivity index (χ2v) is 4.69. The van der Waals surface area contributed by atoms with Gasteiger partial charge in [-0.15, -0.1) is 10.2 Å². The second kappa shape index (κ2) is 4.43. The van der Waals surface area contributed by atoms with Crippen molar-refractivity contribution < 1.29 is 0 Å². The summed E-state index contributed by atoms with van der Waals surface area (Å²) < 4.78 is 0. The smallest absolute Gasteiger partial charge is 0.219 e. The molecule has 0 aliphatic rings. The molecule has 0 fully saturated rings. The van der Waals surface area contributed by atoms with E-state index in [1.807, 2.05) is 24.4 Å². The third-order valence-electron chi connectivity index (χ3n) is 2.58. The lowest BCUT2D eigenvalue weighted by Gasteiger charge is -1.99. The van der Waals surface area contributed by atoms with Gasteiger partial charge in [-0.3, -0.25) is 5.32 Å². The topological polar surface area (TPSA) is 61.6 Å². The number of nitriles is 1. The van der Waals surface area contributed by atoms with Crippen LogP contribution in [0.4, 0.5) is 5.13 Å². The number of anilines is 1. The van der Waals surface area contributed by atoms with Crippen molar-refractivity contribution in [2.45, 2.75) is 0 Å². The van der Waals surface area contributed by atoms with E-state index >= 15 is 0 Å². The fourth-order valence-electron chi connectivity index (χ4n) is 1.76. The van der Waals surface area contributed by atoms with Crippen LogP contribution in [-0.2, 0) is 0 Å². The average Bonchev–Trinajstić information content (AvgIpc) is 2.87. The molecule has 4 nitrogen and oxygen atoms in total. The molecule has 1 heterocycles. The molecule has 0 aliphatic heterocycles. The van der Waals surface area contributed by atoms with Gasteiger partial charge in [-0.1, -0.05) is 47.7 Å². The highest BCUT2D eigenvalue weighted by molar-refractivity contribution is 7.18. The summed E-state index contributed by atoms with van der Waals surface area (Å²) in [7, 11) is 0. The Morgan fingerprint density at radius 2 is 1.89 bits per heavy atom. The molecule has 3 rings (SSSR count). The van der Waals surface area contributed by atoms with Crippen LogP contribution in [0.5, 0.6) is 0 Å². The summed E-state index contributed by atoms with van der Waals surface area (Å²) in [5.41, 5.74) is 1.01. The third kappa shape index (κ3) is 1.90. The SMILES string of the molecule is N#CNc1nnc(-c2ccc3ccccc3c2)s1. The fraction of sp³-hybridized carbons (Fsp3) is 0. The van der Waals surface area contributed by atoms with Crippen LogP contribution in [0, 0.1) is 11.5 Å².